The van der Waals surface area contributed by atoms with Crippen molar-refractivity contribution >= 4 is 17.7 Å². The summed E-state index contributed by atoms with van der Waals surface area (Å²) in [5, 5.41) is 22.1. The Kier molecular flexibility index (Phi) is 4.43. The molecule has 0 aliphatic carbocycles. The predicted octanol–water partition coefficient (Wildman–Crippen LogP) is 1.44. The Labute approximate surface area is 121 Å². The monoisotopic (exact) mass is 295 g/mol. The Morgan fingerprint density at radius 1 is 1.40 bits per heavy atom. The zero-order chi connectivity index (χ0) is 14.7. The molecule has 0 spiro atoms. The third-order valence-electron chi connectivity index (χ3n) is 2.84. The lowest BCUT2D eigenvalue weighted by atomic mass is 10.2. The molecule has 0 saturated carbocycles. The highest BCUT2D eigenvalue weighted by atomic mass is 32.2. The van der Waals surface area contributed by atoms with Gasteiger partial charge in [-0.3, -0.25) is 9.48 Å². The van der Waals surface area contributed by atoms with Crippen molar-refractivity contribution in [2.24, 2.45) is 7.05 Å². The molecular weight excluding hydrogens is 278 g/mol. The third kappa shape index (κ3) is 2.84. The standard InChI is InChI=1S/C12H17N5O2S/c1-4-9-8(6-16(3)15-9)11-13-14-12(17(11)5-2)20-7-10(18)19/h6H,4-5,7H2,1-3H3,(H,18,19). The first-order chi connectivity index (χ1) is 9.56. The molecule has 0 fully saturated rings. The average molecular weight is 295 g/mol. The van der Waals surface area contributed by atoms with Crippen molar-refractivity contribution in [2.45, 2.75) is 32.0 Å². The minimum atomic E-state index is -0.863. The van der Waals surface area contributed by atoms with Gasteiger partial charge in [-0.25, -0.2) is 0 Å². The van der Waals surface area contributed by atoms with Gasteiger partial charge in [0, 0.05) is 19.8 Å². The van der Waals surface area contributed by atoms with Crippen LogP contribution in [0, 0.1) is 0 Å². The predicted molar refractivity (Wildman–Crippen MR) is 75.6 cm³/mol. The van der Waals surface area contributed by atoms with E-state index >= 15 is 0 Å². The minimum absolute atomic E-state index is 0.0220. The molecule has 0 saturated heterocycles. The second kappa shape index (κ2) is 6.08. The van der Waals surface area contributed by atoms with Crippen molar-refractivity contribution in [3.05, 3.63) is 11.9 Å². The van der Waals surface area contributed by atoms with Crippen LogP contribution >= 0.6 is 11.8 Å². The molecule has 0 aliphatic heterocycles. The molecule has 0 aliphatic rings. The normalized spacial score (nSPS) is 10.9. The van der Waals surface area contributed by atoms with Crippen molar-refractivity contribution in [1.29, 1.82) is 0 Å². The van der Waals surface area contributed by atoms with E-state index in [9.17, 15) is 4.79 Å². The molecular formula is C12H17N5O2S. The first-order valence-corrected chi connectivity index (χ1v) is 7.36. The van der Waals surface area contributed by atoms with Crippen LogP contribution in [0.15, 0.2) is 11.4 Å². The molecule has 0 radical (unpaired) electrons. The number of carboxylic acids is 1. The highest BCUT2D eigenvalue weighted by Crippen LogP contribution is 2.26. The molecule has 0 atom stereocenters. The zero-order valence-corrected chi connectivity index (χ0v) is 12.5. The van der Waals surface area contributed by atoms with Crippen LogP contribution in [0.5, 0.6) is 0 Å². The van der Waals surface area contributed by atoms with Gasteiger partial charge in [-0.15, -0.1) is 10.2 Å². The molecule has 0 unspecified atom stereocenters. The molecule has 2 aromatic heterocycles. The van der Waals surface area contributed by atoms with Gasteiger partial charge in [0.2, 0.25) is 0 Å². The van der Waals surface area contributed by atoms with E-state index in [1.807, 2.05) is 31.7 Å². The number of carbonyl (C=O) groups is 1. The fourth-order valence-corrected chi connectivity index (χ4v) is 2.71. The fraction of sp³-hybridized carbons (Fsp3) is 0.500. The van der Waals surface area contributed by atoms with Crippen LogP contribution < -0.4 is 0 Å². The number of hydrogen-bond donors (Lipinski definition) is 1. The van der Waals surface area contributed by atoms with Crippen LogP contribution in [0.2, 0.25) is 0 Å². The first-order valence-electron chi connectivity index (χ1n) is 6.37. The quantitative estimate of drug-likeness (QED) is 0.812. The maximum absolute atomic E-state index is 10.7. The maximum atomic E-state index is 10.7. The Bertz CT molecular complexity index is 619. The number of rotatable bonds is 6. The summed E-state index contributed by atoms with van der Waals surface area (Å²) in [6.45, 7) is 4.71. The van der Waals surface area contributed by atoms with Crippen LogP contribution in [0.1, 0.15) is 19.5 Å². The second-order valence-electron chi connectivity index (χ2n) is 4.25. The number of hydrogen-bond acceptors (Lipinski definition) is 5. The molecule has 0 bridgehead atoms. The SMILES string of the molecule is CCc1nn(C)cc1-c1nnc(SCC(=O)O)n1CC. The first kappa shape index (κ1) is 14.6. The van der Waals surface area contributed by atoms with Gasteiger partial charge in [0.25, 0.3) is 0 Å². The number of aromatic nitrogens is 5. The van der Waals surface area contributed by atoms with Crippen molar-refractivity contribution in [3.8, 4) is 11.4 Å². The summed E-state index contributed by atoms with van der Waals surface area (Å²) in [4.78, 5) is 10.7. The summed E-state index contributed by atoms with van der Waals surface area (Å²) >= 11 is 1.18. The Morgan fingerprint density at radius 2 is 2.15 bits per heavy atom. The van der Waals surface area contributed by atoms with E-state index in [4.69, 9.17) is 5.11 Å². The van der Waals surface area contributed by atoms with Gasteiger partial charge in [-0.05, 0) is 13.3 Å². The molecule has 7 nitrogen and oxygen atoms in total. The van der Waals surface area contributed by atoms with Gasteiger partial charge in [0.15, 0.2) is 11.0 Å². The zero-order valence-electron chi connectivity index (χ0n) is 11.7. The lowest BCUT2D eigenvalue weighted by molar-refractivity contribution is -0.133. The van der Waals surface area contributed by atoms with Crippen LogP contribution in [0.3, 0.4) is 0 Å². The van der Waals surface area contributed by atoms with E-state index in [2.05, 4.69) is 15.3 Å². The molecule has 0 aromatic carbocycles. The summed E-state index contributed by atoms with van der Waals surface area (Å²) in [5.41, 5.74) is 1.91. The number of nitrogens with zero attached hydrogens (tertiary/aromatic N) is 5. The summed E-state index contributed by atoms with van der Waals surface area (Å²) in [6.07, 6.45) is 2.73. The molecule has 2 aromatic rings. The lowest BCUT2D eigenvalue weighted by Gasteiger charge is -2.05. The van der Waals surface area contributed by atoms with E-state index in [0.29, 0.717) is 11.7 Å². The van der Waals surface area contributed by atoms with E-state index in [0.717, 1.165) is 23.5 Å². The topological polar surface area (TPSA) is 85.8 Å². The van der Waals surface area contributed by atoms with Gasteiger partial charge in [-0.2, -0.15) is 5.10 Å². The molecule has 1 N–H and O–H groups in total. The van der Waals surface area contributed by atoms with Crippen molar-refractivity contribution < 1.29 is 9.90 Å². The highest BCUT2D eigenvalue weighted by molar-refractivity contribution is 7.99. The summed E-state index contributed by atoms with van der Waals surface area (Å²) < 4.78 is 3.68. The summed E-state index contributed by atoms with van der Waals surface area (Å²) in [6, 6.07) is 0. The smallest absolute Gasteiger partial charge is 0.313 e. The molecule has 0 amide bonds. The van der Waals surface area contributed by atoms with E-state index in [1.165, 1.54) is 11.8 Å². The number of aryl methyl sites for hydroxylation is 2. The number of carboxylic acid groups (broad SMARTS) is 1. The molecule has 108 valence electrons. The largest absolute Gasteiger partial charge is 0.481 e. The van der Waals surface area contributed by atoms with E-state index in [-0.39, 0.29) is 5.75 Å². The average Bonchev–Trinajstić information content (AvgIpc) is 2.98. The van der Waals surface area contributed by atoms with E-state index in [1.54, 1.807) is 4.68 Å². The number of thioether (sulfide) groups is 1. The van der Waals surface area contributed by atoms with Gasteiger partial charge >= 0.3 is 5.97 Å². The van der Waals surface area contributed by atoms with Crippen LogP contribution in [-0.2, 0) is 24.8 Å². The van der Waals surface area contributed by atoms with Crippen molar-refractivity contribution in [2.75, 3.05) is 5.75 Å². The summed E-state index contributed by atoms with van der Waals surface area (Å²) in [5.74, 6) is -0.144. The highest BCUT2D eigenvalue weighted by Gasteiger charge is 2.18. The molecule has 8 heteroatoms. The van der Waals surface area contributed by atoms with Crippen molar-refractivity contribution in [3.63, 3.8) is 0 Å². The van der Waals surface area contributed by atoms with Crippen LogP contribution in [0.4, 0.5) is 0 Å². The summed E-state index contributed by atoms with van der Waals surface area (Å²) in [7, 11) is 1.87. The van der Waals surface area contributed by atoms with Crippen LogP contribution in [-0.4, -0.2) is 41.4 Å². The Hall–Kier alpha value is -1.83. The molecule has 2 heterocycles. The molecule has 20 heavy (non-hydrogen) atoms. The molecule has 2 rings (SSSR count). The maximum Gasteiger partial charge on any atom is 0.313 e. The second-order valence-corrected chi connectivity index (χ2v) is 5.19. The van der Waals surface area contributed by atoms with Gasteiger partial charge in [0.05, 0.1) is 17.0 Å². The van der Waals surface area contributed by atoms with Gasteiger partial charge < -0.3 is 9.67 Å². The lowest BCUT2D eigenvalue weighted by Crippen LogP contribution is -2.03. The Balaban J connectivity index is 2.39. The minimum Gasteiger partial charge on any atom is -0.481 e. The number of aliphatic carboxylic acids is 1. The third-order valence-corrected chi connectivity index (χ3v) is 3.79. The van der Waals surface area contributed by atoms with Crippen molar-refractivity contribution in [1.82, 2.24) is 24.5 Å². The van der Waals surface area contributed by atoms with Crippen LogP contribution in [0.25, 0.3) is 11.4 Å². The van der Waals surface area contributed by atoms with E-state index < -0.39 is 5.97 Å². The van der Waals surface area contributed by atoms with Gasteiger partial charge in [0.1, 0.15) is 0 Å². The fourth-order valence-electron chi connectivity index (χ4n) is 1.99. The van der Waals surface area contributed by atoms with Gasteiger partial charge in [-0.1, -0.05) is 18.7 Å². The Morgan fingerprint density at radius 3 is 2.75 bits per heavy atom.